The van der Waals surface area contributed by atoms with Crippen LogP contribution in [0.25, 0.3) is 10.8 Å². The van der Waals surface area contributed by atoms with Gasteiger partial charge in [0.25, 0.3) is 0 Å². The maximum atomic E-state index is 12.0. The van der Waals surface area contributed by atoms with Crippen molar-refractivity contribution in [2.75, 3.05) is 0 Å². The highest BCUT2D eigenvalue weighted by atomic mass is 16.6. The molecule has 2 aromatic heterocycles. The third-order valence-corrected chi connectivity index (χ3v) is 5.22. The van der Waals surface area contributed by atoms with Crippen molar-refractivity contribution in [3.8, 4) is 0 Å². The van der Waals surface area contributed by atoms with Crippen molar-refractivity contribution in [3.63, 3.8) is 0 Å². The van der Waals surface area contributed by atoms with E-state index in [2.05, 4.69) is 15.3 Å². The number of amides is 1. The lowest BCUT2D eigenvalue weighted by molar-refractivity contribution is -0.396. The zero-order valence-corrected chi connectivity index (χ0v) is 19.5. The predicted octanol–water partition coefficient (Wildman–Crippen LogP) is 2.92. The van der Waals surface area contributed by atoms with Crippen LogP contribution < -0.4 is 5.32 Å². The molecule has 2 heterocycles. The summed E-state index contributed by atoms with van der Waals surface area (Å²) in [4.78, 5) is 49.2. The van der Waals surface area contributed by atoms with Crippen LogP contribution in [0.1, 0.15) is 18.4 Å². The van der Waals surface area contributed by atoms with Crippen LogP contribution in [-0.4, -0.2) is 45.9 Å². The molecule has 0 bridgehead atoms. The van der Waals surface area contributed by atoms with Crippen molar-refractivity contribution in [1.82, 2.24) is 24.4 Å². The van der Waals surface area contributed by atoms with Gasteiger partial charge in [-0.3, -0.25) is 9.59 Å². The molecule has 0 saturated carbocycles. The molecule has 0 atom stereocenters. The number of carboxylic acids is 1. The fourth-order valence-electron chi connectivity index (χ4n) is 3.46. The molecule has 0 unspecified atom stereocenters. The summed E-state index contributed by atoms with van der Waals surface area (Å²) in [5, 5.41) is 34.5. The van der Waals surface area contributed by atoms with Crippen LogP contribution >= 0.6 is 0 Å². The van der Waals surface area contributed by atoms with Gasteiger partial charge in [-0.25, -0.2) is 9.13 Å². The molecular weight excluding hydrogens is 486 g/mol. The Morgan fingerprint density at radius 3 is 2.03 bits per heavy atom. The summed E-state index contributed by atoms with van der Waals surface area (Å²) < 4.78 is 2.55. The Morgan fingerprint density at radius 1 is 0.865 bits per heavy atom. The van der Waals surface area contributed by atoms with E-state index in [1.165, 1.54) is 33.9 Å². The van der Waals surface area contributed by atoms with E-state index in [9.17, 15) is 29.8 Å². The molecule has 192 valence electrons. The van der Waals surface area contributed by atoms with Gasteiger partial charge in [-0.1, -0.05) is 52.4 Å². The highest BCUT2D eigenvalue weighted by molar-refractivity contribution is 5.86. The second-order valence-electron chi connectivity index (χ2n) is 7.66. The number of nitrogens with zero attached hydrogens (tertiary/aromatic N) is 6. The molecule has 0 aliphatic heterocycles. The summed E-state index contributed by atoms with van der Waals surface area (Å²) in [6.07, 6.45) is 5.49. The van der Waals surface area contributed by atoms with Gasteiger partial charge in [0, 0.05) is 6.54 Å². The lowest BCUT2D eigenvalue weighted by atomic mass is 10.0. The van der Waals surface area contributed by atoms with Crippen LogP contribution in [0.15, 0.2) is 67.3 Å². The molecule has 37 heavy (non-hydrogen) atoms. The molecule has 0 saturated heterocycles. The first kappa shape index (κ1) is 26.5. The van der Waals surface area contributed by atoms with Gasteiger partial charge in [0.2, 0.25) is 5.91 Å². The number of carbonyl (C=O) groups excluding carboxylic acids is 1. The molecule has 0 aliphatic carbocycles. The topological polar surface area (TPSA) is 188 Å². The smallest absolute Gasteiger partial charge is 0.434 e. The number of nitrogens with one attached hydrogen (secondary N) is 1. The van der Waals surface area contributed by atoms with Gasteiger partial charge in [0.05, 0.1) is 25.9 Å². The Labute approximate surface area is 209 Å². The largest absolute Gasteiger partial charge is 0.481 e. The second kappa shape index (κ2) is 12.5. The number of carboxylic acid groups (broad SMARTS) is 1. The van der Waals surface area contributed by atoms with E-state index in [1.807, 2.05) is 42.5 Å². The highest BCUT2D eigenvalue weighted by Gasteiger charge is 2.15. The van der Waals surface area contributed by atoms with Gasteiger partial charge in [-0.05, 0) is 26.2 Å². The molecule has 4 aromatic rings. The summed E-state index contributed by atoms with van der Waals surface area (Å²) in [7, 11) is 0. The first-order chi connectivity index (χ1) is 17.8. The maximum absolute atomic E-state index is 12.0. The number of imidazole rings is 2. The summed E-state index contributed by atoms with van der Waals surface area (Å²) in [6.45, 7) is 0.704. The number of hydrogen-bond acceptors (Lipinski definition) is 8. The number of benzene rings is 2. The zero-order chi connectivity index (χ0) is 26.8. The Morgan fingerprint density at radius 2 is 1.43 bits per heavy atom. The minimum atomic E-state index is -0.997. The van der Waals surface area contributed by atoms with E-state index >= 15 is 0 Å². The lowest BCUT2D eigenvalue weighted by Gasteiger charge is -2.08. The number of nitro groups is 2. The Balaban J connectivity index is 0.000000248. The second-order valence-corrected chi connectivity index (χ2v) is 7.66. The van der Waals surface area contributed by atoms with Crippen molar-refractivity contribution in [2.45, 2.75) is 32.5 Å². The van der Waals surface area contributed by atoms with Gasteiger partial charge < -0.3 is 30.7 Å². The summed E-state index contributed by atoms with van der Waals surface area (Å²) in [5.74, 6) is -1.74. The van der Waals surface area contributed by atoms with E-state index in [4.69, 9.17) is 5.11 Å². The first-order valence-electron chi connectivity index (χ1n) is 11.0. The average molecular weight is 509 g/mol. The van der Waals surface area contributed by atoms with Crippen molar-refractivity contribution in [2.24, 2.45) is 0 Å². The van der Waals surface area contributed by atoms with Gasteiger partial charge in [0.1, 0.15) is 24.8 Å². The van der Waals surface area contributed by atoms with Crippen LogP contribution in [0.5, 0.6) is 0 Å². The molecular formula is C23H23N7O7. The monoisotopic (exact) mass is 509 g/mol. The first-order valence-corrected chi connectivity index (χ1v) is 11.0. The van der Waals surface area contributed by atoms with Crippen LogP contribution in [0.4, 0.5) is 11.9 Å². The SMILES string of the molecule is O=C(CCn1ccnc1[N+](=O)[O-])NCc1cccc2ccccc12.O=C(O)CCn1ccnc1[N+](=O)[O-]. The van der Waals surface area contributed by atoms with E-state index < -0.39 is 15.8 Å². The zero-order valence-electron chi connectivity index (χ0n) is 19.5. The standard InChI is InChI=1S/C17H16N4O3.C6H7N3O4/c22-16(8-10-20-11-9-18-17(20)21(23)24)19-12-14-6-3-5-13-4-1-2-7-15(13)14;10-5(11)1-3-8-4-2-7-6(8)9(12)13/h1-7,9,11H,8,10,12H2,(H,19,22);2,4H,1,3H2,(H,10,11). The molecule has 14 heteroatoms. The van der Waals surface area contributed by atoms with E-state index in [0.29, 0.717) is 6.54 Å². The van der Waals surface area contributed by atoms with Gasteiger partial charge in [0.15, 0.2) is 0 Å². The molecule has 0 fully saturated rings. The molecule has 2 N–H and O–H groups in total. The van der Waals surface area contributed by atoms with Crippen molar-refractivity contribution >= 4 is 34.5 Å². The van der Waals surface area contributed by atoms with Crippen LogP contribution in [0.2, 0.25) is 0 Å². The summed E-state index contributed by atoms with van der Waals surface area (Å²) >= 11 is 0. The van der Waals surface area contributed by atoms with Crippen molar-refractivity contribution in [1.29, 1.82) is 0 Å². The third kappa shape index (κ3) is 7.42. The van der Waals surface area contributed by atoms with Gasteiger partial charge in [-0.2, -0.15) is 0 Å². The third-order valence-electron chi connectivity index (χ3n) is 5.22. The Hall–Kier alpha value is -5.14. The minimum absolute atomic E-state index is 0.0612. The minimum Gasteiger partial charge on any atom is -0.481 e. The molecule has 2 aromatic carbocycles. The summed E-state index contributed by atoms with van der Waals surface area (Å²) in [6, 6.07) is 13.9. The Kier molecular flexibility index (Phi) is 8.96. The van der Waals surface area contributed by atoms with E-state index in [0.717, 1.165) is 16.3 Å². The van der Waals surface area contributed by atoms with Gasteiger partial charge >= 0.3 is 17.9 Å². The molecule has 0 radical (unpaired) electrons. The van der Waals surface area contributed by atoms with E-state index in [-0.39, 0.29) is 43.7 Å². The molecule has 4 rings (SSSR count). The molecule has 14 nitrogen and oxygen atoms in total. The van der Waals surface area contributed by atoms with Crippen LogP contribution in [0, 0.1) is 20.2 Å². The fraction of sp³-hybridized carbons (Fsp3) is 0.217. The Bertz CT molecular complexity index is 1410. The fourth-order valence-corrected chi connectivity index (χ4v) is 3.46. The number of rotatable bonds is 10. The predicted molar refractivity (Wildman–Crippen MR) is 130 cm³/mol. The number of hydrogen-bond donors (Lipinski definition) is 2. The quantitative estimate of drug-likeness (QED) is 0.239. The number of carbonyl (C=O) groups is 2. The number of aryl methyl sites for hydroxylation is 2. The van der Waals surface area contributed by atoms with Crippen LogP contribution in [-0.2, 0) is 29.2 Å². The molecule has 1 amide bonds. The van der Waals surface area contributed by atoms with Crippen molar-refractivity contribution < 1.29 is 24.5 Å². The van der Waals surface area contributed by atoms with Crippen LogP contribution in [0.3, 0.4) is 0 Å². The molecule has 0 spiro atoms. The number of fused-ring (bicyclic) bond motifs is 1. The average Bonchev–Trinajstić information content (AvgIpc) is 3.55. The highest BCUT2D eigenvalue weighted by Crippen LogP contribution is 2.18. The number of aliphatic carboxylic acids is 1. The normalized spacial score (nSPS) is 10.4. The summed E-state index contributed by atoms with van der Waals surface area (Å²) in [5.41, 5.74) is 1.04. The number of aromatic nitrogens is 4. The van der Waals surface area contributed by atoms with Gasteiger partial charge in [-0.15, -0.1) is 0 Å². The maximum Gasteiger partial charge on any atom is 0.434 e. The molecule has 0 aliphatic rings. The van der Waals surface area contributed by atoms with E-state index in [1.54, 1.807) is 0 Å². The lowest BCUT2D eigenvalue weighted by Crippen LogP contribution is -2.24. The van der Waals surface area contributed by atoms with Crippen molar-refractivity contribution in [3.05, 3.63) is 93.0 Å².